The molecular formula is C27H25N3O3. The normalized spacial score (nSPS) is 17.2. The molecule has 1 aliphatic carbocycles. The maximum Gasteiger partial charge on any atom is 0.196 e. The van der Waals surface area contributed by atoms with Gasteiger partial charge in [0.1, 0.15) is 11.3 Å². The number of fused-ring (bicyclic) bond motifs is 2. The molecule has 1 fully saturated rings. The molecule has 0 bridgehead atoms. The molecular weight excluding hydrogens is 414 g/mol. The lowest BCUT2D eigenvalue weighted by Crippen LogP contribution is -2.37. The van der Waals surface area contributed by atoms with E-state index in [1.165, 1.54) is 6.42 Å². The molecule has 3 aromatic carbocycles. The van der Waals surface area contributed by atoms with Crippen molar-refractivity contribution >= 4 is 33.7 Å². The Balaban J connectivity index is 1.61. The molecule has 33 heavy (non-hydrogen) atoms. The highest BCUT2D eigenvalue weighted by molar-refractivity contribution is 6.28. The van der Waals surface area contributed by atoms with Crippen LogP contribution in [0.4, 0.5) is 17.1 Å². The lowest BCUT2D eigenvalue weighted by atomic mass is 9.86. The minimum atomic E-state index is -0.0186. The third-order valence-corrected chi connectivity index (χ3v) is 6.84. The third kappa shape index (κ3) is 3.09. The molecule has 0 saturated carbocycles. The van der Waals surface area contributed by atoms with Gasteiger partial charge in [-0.25, -0.2) is 0 Å². The Morgan fingerprint density at radius 1 is 1.09 bits per heavy atom. The van der Waals surface area contributed by atoms with E-state index in [-0.39, 0.29) is 5.78 Å². The number of benzene rings is 3. The summed E-state index contributed by atoms with van der Waals surface area (Å²) in [6.07, 6.45) is 3.50. The smallest absolute Gasteiger partial charge is 0.196 e. The Hall–Kier alpha value is -3.80. The highest BCUT2D eigenvalue weighted by atomic mass is 16.5. The summed E-state index contributed by atoms with van der Waals surface area (Å²) in [4.78, 5) is 16.1. The largest absolute Gasteiger partial charge is 0.497 e. The van der Waals surface area contributed by atoms with E-state index >= 15 is 0 Å². The number of hydrogen-bond acceptors (Lipinski definition) is 6. The minimum Gasteiger partial charge on any atom is -0.497 e. The average molecular weight is 440 g/mol. The van der Waals surface area contributed by atoms with Gasteiger partial charge in [-0.1, -0.05) is 35.5 Å². The van der Waals surface area contributed by atoms with Crippen molar-refractivity contribution in [3.63, 3.8) is 0 Å². The second-order valence-corrected chi connectivity index (χ2v) is 8.82. The third-order valence-electron chi connectivity index (χ3n) is 6.84. The van der Waals surface area contributed by atoms with Crippen LogP contribution in [-0.2, 0) is 0 Å². The van der Waals surface area contributed by atoms with E-state index in [9.17, 15) is 4.79 Å². The van der Waals surface area contributed by atoms with Crippen LogP contribution in [0.25, 0.3) is 22.2 Å². The number of aromatic nitrogens is 1. The van der Waals surface area contributed by atoms with Gasteiger partial charge in [0.2, 0.25) is 0 Å². The second-order valence-electron chi connectivity index (χ2n) is 8.82. The van der Waals surface area contributed by atoms with E-state index < -0.39 is 0 Å². The van der Waals surface area contributed by atoms with Gasteiger partial charge >= 0.3 is 0 Å². The number of methoxy groups -OCH3 is 1. The van der Waals surface area contributed by atoms with Gasteiger partial charge in [-0.3, -0.25) is 4.79 Å². The molecule has 4 aromatic rings. The molecule has 6 nitrogen and oxygen atoms in total. The molecule has 1 aromatic heterocycles. The summed E-state index contributed by atoms with van der Waals surface area (Å²) in [5, 5.41) is 8.78. The summed E-state index contributed by atoms with van der Waals surface area (Å²) in [6, 6.07) is 17.8. The molecule has 166 valence electrons. The maximum absolute atomic E-state index is 13.7. The quantitative estimate of drug-likeness (QED) is 0.361. The van der Waals surface area contributed by atoms with E-state index in [4.69, 9.17) is 9.26 Å². The highest BCUT2D eigenvalue weighted by Crippen LogP contribution is 2.47. The molecule has 0 unspecified atom stereocenters. The minimum absolute atomic E-state index is 0.0186. The zero-order chi connectivity index (χ0) is 22.5. The Morgan fingerprint density at radius 2 is 1.94 bits per heavy atom. The van der Waals surface area contributed by atoms with Gasteiger partial charge in [0.25, 0.3) is 0 Å². The van der Waals surface area contributed by atoms with Crippen molar-refractivity contribution in [2.45, 2.75) is 32.2 Å². The van der Waals surface area contributed by atoms with Gasteiger partial charge < -0.3 is 19.5 Å². The Kier molecular flexibility index (Phi) is 4.61. The fourth-order valence-corrected chi connectivity index (χ4v) is 5.17. The van der Waals surface area contributed by atoms with Crippen LogP contribution in [0.5, 0.6) is 5.75 Å². The number of carbonyl (C=O) groups is 1. The van der Waals surface area contributed by atoms with Crippen LogP contribution in [0.3, 0.4) is 0 Å². The van der Waals surface area contributed by atoms with Crippen LogP contribution < -0.4 is 15.0 Å². The topological polar surface area (TPSA) is 67.6 Å². The molecule has 2 heterocycles. The number of carbonyl (C=O) groups excluding carboxylic acids is 1. The molecule has 1 N–H and O–H groups in total. The predicted octanol–water partition coefficient (Wildman–Crippen LogP) is 6.17. The van der Waals surface area contributed by atoms with E-state index in [0.29, 0.717) is 22.9 Å². The van der Waals surface area contributed by atoms with Gasteiger partial charge in [0, 0.05) is 35.5 Å². The first kappa shape index (κ1) is 19.9. The summed E-state index contributed by atoms with van der Waals surface area (Å²) in [5.41, 5.74) is 5.42. The molecule has 0 spiro atoms. The second kappa shape index (κ2) is 7.66. The van der Waals surface area contributed by atoms with Crippen LogP contribution in [0.15, 0.2) is 59.1 Å². The number of rotatable bonds is 4. The number of hydrogen-bond donors (Lipinski definition) is 1. The van der Waals surface area contributed by atoms with E-state index in [2.05, 4.69) is 28.4 Å². The zero-order valence-electron chi connectivity index (χ0n) is 18.7. The molecule has 2 aliphatic rings. The number of piperidine rings is 1. The number of nitrogens with zero attached hydrogens (tertiary/aromatic N) is 2. The number of ketones is 1. The zero-order valence-corrected chi connectivity index (χ0v) is 18.7. The average Bonchev–Trinajstić information content (AvgIpc) is 3.29. The van der Waals surface area contributed by atoms with E-state index in [1.807, 2.05) is 48.5 Å². The Morgan fingerprint density at radius 3 is 2.76 bits per heavy atom. The summed E-state index contributed by atoms with van der Waals surface area (Å²) in [5.74, 6) is 1.40. The Labute approximate surface area is 192 Å². The van der Waals surface area contributed by atoms with Gasteiger partial charge in [-0.05, 0) is 44.4 Å². The standard InChI is InChI=1S/C27H25N3O3/c1-16-8-5-6-13-30(16)22-15-21(28-17-9-7-10-18(14-17)32-2)23-24-25(22)29-33-27(24)20-12-4-3-11-19(20)26(23)31/h3-4,7,9-12,14-16,28H,5-6,8,13H2,1-2H3/t16-/m1/s1. The summed E-state index contributed by atoms with van der Waals surface area (Å²) in [7, 11) is 1.65. The SMILES string of the molecule is COc1cccc(Nc2cc(N3CCCC[C@H]3C)c3noc4c3c2C(=O)c2ccccc2-4)c1. The molecule has 1 aliphatic heterocycles. The first-order valence-electron chi connectivity index (χ1n) is 11.4. The highest BCUT2D eigenvalue weighted by Gasteiger charge is 2.34. The summed E-state index contributed by atoms with van der Waals surface area (Å²) < 4.78 is 11.3. The Bertz CT molecular complexity index is 1390. The fourth-order valence-electron chi connectivity index (χ4n) is 5.17. The molecule has 6 heteroatoms. The lowest BCUT2D eigenvalue weighted by Gasteiger charge is -2.36. The predicted molar refractivity (Wildman–Crippen MR) is 130 cm³/mol. The summed E-state index contributed by atoms with van der Waals surface area (Å²) >= 11 is 0. The van der Waals surface area contributed by atoms with Gasteiger partial charge in [0.15, 0.2) is 11.5 Å². The fraction of sp³-hybridized carbons (Fsp3) is 0.259. The van der Waals surface area contributed by atoms with E-state index in [0.717, 1.165) is 58.7 Å². The van der Waals surface area contributed by atoms with Crippen molar-refractivity contribution in [2.75, 3.05) is 23.9 Å². The molecule has 1 atom stereocenters. The van der Waals surface area contributed by atoms with E-state index in [1.54, 1.807) is 7.11 Å². The first-order chi connectivity index (χ1) is 16.2. The molecule has 0 amide bonds. The molecule has 1 saturated heterocycles. The monoisotopic (exact) mass is 439 g/mol. The van der Waals surface area contributed by atoms with Crippen LogP contribution in [0.1, 0.15) is 42.1 Å². The number of anilines is 3. The van der Waals surface area contributed by atoms with Crippen molar-refractivity contribution in [2.24, 2.45) is 0 Å². The van der Waals surface area contributed by atoms with Crippen molar-refractivity contribution in [3.05, 3.63) is 65.7 Å². The van der Waals surface area contributed by atoms with Crippen LogP contribution in [-0.4, -0.2) is 30.6 Å². The van der Waals surface area contributed by atoms with Gasteiger partial charge in [-0.15, -0.1) is 0 Å². The lowest BCUT2D eigenvalue weighted by molar-refractivity contribution is 0.104. The number of nitrogens with one attached hydrogen (secondary N) is 1. The van der Waals surface area contributed by atoms with Crippen molar-refractivity contribution in [1.29, 1.82) is 0 Å². The maximum atomic E-state index is 13.7. The van der Waals surface area contributed by atoms with Crippen molar-refractivity contribution in [3.8, 4) is 17.1 Å². The molecule has 6 rings (SSSR count). The van der Waals surface area contributed by atoms with Gasteiger partial charge in [0.05, 0.1) is 29.4 Å². The van der Waals surface area contributed by atoms with Crippen LogP contribution in [0, 0.1) is 0 Å². The van der Waals surface area contributed by atoms with Gasteiger partial charge in [-0.2, -0.15) is 0 Å². The first-order valence-corrected chi connectivity index (χ1v) is 11.4. The molecule has 0 radical (unpaired) electrons. The summed E-state index contributed by atoms with van der Waals surface area (Å²) in [6.45, 7) is 3.21. The number of ether oxygens (including phenoxy) is 1. The van der Waals surface area contributed by atoms with Crippen molar-refractivity contribution in [1.82, 2.24) is 5.16 Å². The van der Waals surface area contributed by atoms with Crippen LogP contribution in [0.2, 0.25) is 0 Å². The van der Waals surface area contributed by atoms with Crippen LogP contribution >= 0.6 is 0 Å². The van der Waals surface area contributed by atoms with Crippen molar-refractivity contribution < 1.29 is 14.1 Å².